The minimum absolute atomic E-state index is 0.0606. The topological polar surface area (TPSA) is 155 Å². The molecule has 2 amide bonds. The number of ketones is 2. The molecule has 4 aromatic rings. The molecular weight excluding hydrogens is 737 g/mol. The minimum atomic E-state index is -0.301. The number of carbonyl (C=O) groups excluding carboxylic acids is 4. The highest BCUT2D eigenvalue weighted by Gasteiger charge is 2.55. The van der Waals surface area contributed by atoms with Crippen LogP contribution in [-0.2, 0) is 9.47 Å². The summed E-state index contributed by atoms with van der Waals surface area (Å²) in [6, 6.07) is 22.3. The second-order valence-electron chi connectivity index (χ2n) is 15.7. The third-order valence-corrected chi connectivity index (χ3v) is 12.5. The van der Waals surface area contributed by atoms with Crippen LogP contribution >= 0.6 is 0 Å². The standard InChI is InChI=1S/2C23H26N2O4/c2*1-13(15-6-4-5-7-22(15)28-3)19-8-14(9-20(25-19)23(27)24-2)21(26)10-16-17-11-29-12-18(16)17/h2*4-9,13,16-18H,10-12H2,1-3H3,(H,24,27)/t2*13-,16?,17-,18+/m10/s1. The maximum absolute atomic E-state index is 13.0. The Kier molecular flexibility index (Phi) is 12.3. The van der Waals surface area contributed by atoms with Gasteiger partial charge < -0.3 is 29.6 Å². The molecule has 0 spiro atoms. The molecule has 2 N–H and O–H groups in total. The van der Waals surface area contributed by atoms with Gasteiger partial charge in [0, 0.05) is 72.4 Å². The van der Waals surface area contributed by atoms with Crippen LogP contribution in [0.1, 0.15) is 103 Å². The highest BCUT2D eigenvalue weighted by molar-refractivity contribution is 6.01. The lowest BCUT2D eigenvalue weighted by Crippen LogP contribution is -2.21. The molecule has 4 aliphatic rings. The van der Waals surface area contributed by atoms with Crippen molar-refractivity contribution >= 4 is 23.4 Å². The Morgan fingerprint density at radius 2 is 0.983 bits per heavy atom. The molecule has 2 unspecified atom stereocenters. The van der Waals surface area contributed by atoms with E-state index >= 15 is 0 Å². The maximum atomic E-state index is 13.0. The van der Waals surface area contributed by atoms with Crippen LogP contribution < -0.4 is 20.1 Å². The molecule has 2 saturated heterocycles. The van der Waals surface area contributed by atoms with Crippen LogP contribution in [0.5, 0.6) is 11.5 Å². The first kappa shape index (κ1) is 40.7. The van der Waals surface area contributed by atoms with Gasteiger partial charge >= 0.3 is 0 Å². The largest absolute Gasteiger partial charge is 0.496 e. The molecule has 4 fully saturated rings. The van der Waals surface area contributed by atoms with Gasteiger partial charge in [-0.1, -0.05) is 50.2 Å². The second kappa shape index (κ2) is 17.6. The molecule has 0 bridgehead atoms. The van der Waals surface area contributed by atoms with Gasteiger partial charge in [-0.15, -0.1) is 0 Å². The molecule has 2 aromatic heterocycles. The van der Waals surface area contributed by atoms with Gasteiger partial charge in [-0.2, -0.15) is 0 Å². The quantitative estimate of drug-likeness (QED) is 0.143. The van der Waals surface area contributed by atoms with Crippen LogP contribution in [0.15, 0.2) is 72.8 Å². The number of nitrogens with zero attached hydrogens (tertiary/aromatic N) is 2. The van der Waals surface area contributed by atoms with E-state index in [-0.39, 0.29) is 46.6 Å². The second-order valence-corrected chi connectivity index (χ2v) is 15.7. The van der Waals surface area contributed by atoms with E-state index in [1.807, 2.05) is 74.5 Å². The fourth-order valence-electron chi connectivity index (χ4n) is 8.71. The molecule has 8 rings (SSSR count). The van der Waals surface area contributed by atoms with Gasteiger partial charge in [-0.25, -0.2) is 9.97 Å². The molecule has 4 heterocycles. The van der Waals surface area contributed by atoms with Crippen molar-refractivity contribution in [3.8, 4) is 11.5 Å². The number of amides is 2. The van der Waals surface area contributed by atoms with Crippen molar-refractivity contribution in [3.05, 3.63) is 118 Å². The third-order valence-electron chi connectivity index (χ3n) is 12.5. The Balaban J connectivity index is 0.000000177. The van der Waals surface area contributed by atoms with Crippen molar-refractivity contribution < 1.29 is 38.1 Å². The first-order chi connectivity index (χ1) is 28.1. The van der Waals surface area contributed by atoms with Crippen molar-refractivity contribution in [1.29, 1.82) is 0 Å². The van der Waals surface area contributed by atoms with Crippen LogP contribution in [-0.4, -0.2) is 88.1 Å². The van der Waals surface area contributed by atoms with E-state index in [4.69, 9.17) is 18.9 Å². The Hall–Kier alpha value is -5.46. The zero-order valence-corrected chi connectivity index (χ0v) is 34.0. The maximum Gasteiger partial charge on any atom is 0.269 e. The van der Waals surface area contributed by atoms with Crippen molar-refractivity contribution in [2.45, 2.75) is 38.5 Å². The molecule has 2 saturated carbocycles. The summed E-state index contributed by atoms with van der Waals surface area (Å²) >= 11 is 0. The Bertz CT molecular complexity index is 2020. The zero-order chi connectivity index (χ0) is 41.1. The molecule has 0 radical (unpaired) electrons. The summed E-state index contributed by atoms with van der Waals surface area (Å²) in [5, 5.41) is 5.21. The molecule has 2 aromatic carbocycles. The number of hydrogen-bond acceptors (Lipinski definition) is 10. The van der Waals surface area contributed by atoms with E-state index in [2.05, 4.69) is 20.6 Å². The van der Waals surface area contributed by atoms with E-state index in [0.29, 0.717) is 70.9 Å². The highest BCUT2D eigenvalue weighted by Crippen LogP contribution is 2.54. The fourth-order valence-corrected chi connectivity index (χ4v) is 8.71. The summed E-state index contributed by atoms with van der Waals surface area (Å²) in [4.78, 5) is 59.7. The molecule has 12 nitrogen and oxygen atoms in total. The average molecular weight is 789 g/mol. The average Bonchev–Trinajstić information content (AvgIpc) is 3.85. The number of para-hydroxylation sites is 2. The molecule has 2 aliphatic heterocycles. The lowest BCUT2D eigenvalue weighted by molar-refractivity contribution is 0.0937. The number of ether oxygens (including phenoxy) is 4. The SMILES string of the molecule is CNC(=O)c1cc(C(=O)CC2[C@H]3COC[C@@H]23)cc([C@@H](C)c2ccccc2OC)n1.CNC(=O)c1cc(C(=O)CC2[C@H]3COC[C@@H]23)cc([C@H](C)c2ccccc2OC)n1. The molecule has 12 heteroatoms. The van der Waals surface area contributed by atoms with E-state index in [1.165, 1.54) is 0 Å². The van der Waals surface area contributed by atoms with Gasteiger partial charge in [-0.05, 0) is 71.9 Å². The number of pyridine rings is 2. The predicted octanol–water partition coefficient (Wildman–Crippen LogP) is 6.13. The number of rotatable bonds is 14. The van der Waals surface area contributed by atoms with Crippen LogP contribution in [0.4, 0.5) is 0 Å². The van der Waals surface area contributed by atoms with Crippen LogP contribution in [0, 0.1) is 35.5 Å². The van der Waals surface area contributed by atoms with Gasteiger partial charge in [0.2, 0.25) is 0 Å². The number of Topliss-reactive ketones (excluding diaryl/α,β-unsaturated/α-hetero) is 2. The van der Waals surface area contributed by atoms with E-state index in [1.54, 1.807) is 40.4 Å². The van der Waals surface area contributed by atoms with Gasteiger partial charge in [0.25, 0.3) is 11.8 Å². The lowest BCUT2D eigenvalue weighted by atomic mass is 9.93. The molecule has 8 atom stereocenters. The van der Waals surface area contributed by atoms with E-state index < -0.39 is 0 Å². The van der Waals surface area contributed by atoms with Gasteiger partial charge in [-0.3, -0.25) is 19.2 Å². The highest BCUT2D eigenvalue weighted by atomic mass is 16.5. The van der Waals surface area contributed by atoms with Gasteiger partial charge in [0.15, 0.2) is 11.6 Å². The van der Waals surface area contributed by atoms with Gasteiger partial charge in [0.1, 0.15) is 22.9 Å². The van der Waals surface area contributed by atoms with E-state index in [9.17, 15) is 19.2 Å². The van der Waals surface area contributed by atoms with Crippen molar-refractivity contribution in [2.75, 3.05) is 54.7 Å². The molecule has 58 heavy (non-hydrogen) atoms. The number of hydrogen-bond donors (Lipinski definition) is 2. The number of nitrogens with one attached hydrogen (secondary N) is 2. The van der Waals surface area contributed by atoms with E-state index in [0.717, 1.165) is 49.1 Å². The Morgan fingerprint density at radius 3 is 1.33 bits per heavy atom. The molecular formula is C46H52N4O8. The monoisotopic (exact) mass is 788 g/mol. The summed E-state index contributed by atoms with van der Waals surface area (Å²) in [7, 11) is 6.39. The smallest absolute Gasteiger partial charge is 0.269 e. The Labute approximate surface area is 339 Å². The van der Waals surface area contributed by atoms with Crippen molar-refractivity contribution in [1.82, 2.24) is 20.6 Å². The van der Waals surface area contributed by atoms with Crippen LogP contribution in [0.25, 0.3) is 0 Å². The number of carbonyl (C=O) groups is 4. The summed E-state index contributed by atoms with van der Waals surface area (Å²) in [5.74, 6) is 3.66. The third kappa shape index (κ3) is 8.54. The van der Waals surface area contributed by atoms with Gasteiger partial charge in [0.05, 0.1) is 40.6 Å². The van der Waals surface area contributed by atoms with Crippen LogP contribution in [0.2, 0.25) is 0 Å². The fraction of sp³-hybridized carbons (Fsp3) is 0.435. The predicted molar refractivity (Wildman–Crippen MR) is 217 cm³/mol. The van der Waals surface area contributed by atoms with Crippen molar-refractivity contribution in [2.24, 2.45) is 35.5 Å². The normalized spacial score (nSPS) is 23.2. The summed E-state index contributed by atoms with van der Waals surface area (Å²) < 4.78 is 21.8. The Morgan fingerprint density at radius 1 is 0.621 bits per heavy atom. The summed E-state index contributed by atoms with van der Waals surface area (Å²) in [5.41, 5.74) is 4.88. The number of methoxy groups -OCH3 is 2. The number of fused-ring (bicyclic) bond motifs is 2. The minimum Gasteiger partial charge on any atom is -0.496 e. The summed E-state index contributed by atoms with van der Waals surface area (Å²) in [6.07, 6.45) is 0.997. The number of benzene rings is 2. The van der Waals surface area contributed by atoms with Crippen LogP contribution in [0.3, 0.4) is 0 Å². The zero-order valence-electron chi connectivity index (χ0n) is 34.0. The van der Waals surface area contributed by atoms with Crippen molar-refractivity contribution in [3.63, 3.8) is 0 Å². The summed E-state index contributed by atoms with van der Waals surface area (Å²) in [6.45, 7) is 7.06. The first-order valence-corrected chi connectivity index (χ1v) is 20.0. The lowest BCUT2D eigenvalue weighted by Gasteiger charge is -2.17. The first-order valence-electron chi connectivity index (χ1n) is 20.0. The molecule has 2 aliphatic carbocycles. The molecule has 304 valence electrons. The number of aromatic nitrogens is 2.